The zero-order chi connectivity index (χ0) is 33.6. The molecule has 0 radical (unpaired) electrons. The fourth-order valence-corrected chi connectivity index (χ4v) is 4.14. The molecule has 0 aliphatic heterocycles. The maximum Gasteiger partial charge on any atom is 0.336 e. The van der Waals surface area contributed by atoms with Crippen molar-refractivity contribution in [3.8, 4) is 11.5 Å². The molecule has 0 heterocycles. The molecule has 0 aliphatic rings. The molecule has 0 atom stereocenters. The van der Waals surface area contributed by atoms with E-state index in [1.54, 1.807) is 43.5 Å². The highest BCUT2D eigenvalue weighted by atomic mass is 16.6. The van der Waals surface area contributed by atoms with E-state index in [1.165, 1.54) is 0 Å². The normalized spacial score (nSPS) is 11.5. The third-order valence-corrected chi connectivity index (χ3v) is 6.29. The van der Waals surface area contributed by atoms with Gasteiger partial charge in [0.25, 0.3) is 5.70 Å². The summed E-state index contributed by atoms with van der Waals surface area (Å²) in [5, 5.41) is 46.0. The Kier molecular flexibility index (Phi) is 13.7. The maximum absolute atomic E-state index is 12.2. The molecule has 3 aromatic rings. The van der Waals surface area contributed by atoms with Crippen LogP contribution in [0.3, 0.4) is 0 Å². The lowest BCUT2D eigenvalue weighted by Gasteiger charge is -2.18. The average Bonchev–Trinajstić information content (AvgIpc) is 2.98. The first-order chi connectivity index (χ1) is 21.3. The minimum Gasteiger partial charge on any atom is -0.497 e. The number of carboxylic acid groups (broad SMARTS) is 3. The maximum atomic E-state index is 12.2. The first-order valence-corrected chi connectivity index (χ1v) is 13.6. The van der Waals surface area contributed by atoms with Crippen molar-refractivity contribution in [3.05, 3.63) is 106 Å². The number of carbonyl (C=O) groups is 3. The number of aliphatic carboxylic acids is 3. The van der Waals surface area contributed by atoms with E-state index in [1.807, 2.05) is 56.6 Å². The van der Waals surface area contributed by atoms with Gasteiger partial charge in [0, 0.05) is 6.54 Å². The second-order valence-electron chi connectivity index (χ2n) is 10.1. The van der Waals surface area contributed by atoms with Crippen LogP contribution in [0.4, 0.5) is 0 Å². The van der Waals surface area contributed by atoms with Crippen LogP contribution < -0.4 is 9.47 Å². The summed E-state index contributed by atoms with van der Waals surface area (Å²) in [5.41, 5.74) is -0.115. The van der Waals surface area contributed by atoms with Crippen LogP contribution in [-0.2, 0) is 14.4 Å². The third kappa shape index (κ3) is 11.4. The van der Waals surface area contributed by atoms with Crippen molar-refractivity contribution in [3.63, 3.8) is 0 Å². The molecule has 45 heavy (non-hydrogen) atoms. The number of hydrogen-bond donors (Lipinski definition) is 4. The van der Waals surface area contributed by atoms with Gasteiger partial charge in [0.2, 0.25) is 0 Å². The van der Waals surface area contributed by atoms with Gasteiger partial charge in [-0.05, 0) is 68.0 Å². The Bertz CT molecular complexity index is 1450. The van der Waals surface area contributed by atoms with E-state index in [9.17, 15) is 24.5 Å². The minimum atomic E-state index is -2.74. The lowest BCUT2D eigenvalue weighted by atomic mass is 9.93. The fraction of sp³-hybridized carbons (Fsp3) is 0.281. The predicted molar refractivity (Wildman–Crippen MR) is 165 cm³/mol. The van der Waals surface area contributed by atoms with Gasteiger partial charge in [-0.3, -0.25) is 19.7 Å². The number of carboxylic acids is 3. The van der Waals surface area contributed by atoms with Crippen LogP contribution in [0, 0.1) is 10.1 Å². The smallest absolute Gasteiger partial charge is 0.336 e. The summed E-state index contributed by atoms with van der Waals surface area (Å²) in [6.07, 6.45) is -1.37. The Morgan fingerprint density at radius 2 is 1.29 bits per heavy atom. The van der Waals surface area contributed by atoms with Crippen LogP contribution in [0.1, 0.15) is 36.0 Å². The molecule has 0 fully saturated rings. The number of aliphatic hydroxyl groups is 1. The number of rotatable bonds is 15. The van der Waals surface area contributed by atoms with Gasteiger partial charge in [0.1, 0.15) is 11.5 Å². The van der Waals surface area contributed by atoms with Crippen molar-refractivity contribution < 1.29 is 49.2 Å². The Hall–Kier alpha value is -5.27. The minimum absolute atomic E-state index is 0.0513. The van der Waals surface area contributed by atoms with E-state index in [0.717, 1.165) is 29.8 Å². The Balaban J connectivity index is 0.000000459. The monoisotopic (exact) mass is 624 g/mol. The van der Waals surface area contributed by atoms with E-state index in [0.29, 0.717) is 23.5 Å². The molecule has 0 aromatic heterocycles. The standard InChI is InChI=1S/C26H28N2O4.C6H8O7/c1-27(2)18-7-19-32-24-16-12-21(13-17-24)25(20-10-14-23(31-3)15-11-20)26(28(29)30)22-8-5-4-6-9-22;7-3(8)1-6(13,5(11)12)2-4(9)10/h4-6,8-17H,7,18-19H2,1-3H3;13H,1-2H2,(H,7,8)(H,9,10)(H,11,12)/b26-25-;. The van der Waals surface area contributed by atoms with Gasteiger partial charge in [0.05, 0.1) is 42.6 Å². The topological polar surface area (TPSA) is 197 Å². The molecule has 0 spiro atoms. The van der Waals surface area contributed by atoms with E-state index >= 15 is 0 Å². The third-order valence-electron chi connectivity index (χ3n) is 6.29. The summed E-state index contributed by atoms with van der Waals surface area (Å²) in [7, 11) is 5.65. The van der Waals surface area contributed by atoms with Crippen LogP contribution in [0.5, 0.6) is 11.5 Å². The Morgan fingerprint density at radius 1 is 0.800 bits per heavy atom. The van der Waals surface area contributed by atoms with E-state index in [-0.39, 0.29) is 10.6 Å². The highest BCUT2D eigenvalue weighted by Crippen LogP contribution is 2.34. The van der Waals surface area contributed by atoms with Gasteiger partial charge in [0.15, 0.2) is 5.60 Å². The van der Waals surface area contributed by atoms with Crippen molar-refractivity contribution in [1.82, 2.24) is 4.90 Å². The molecule has 0 bridgehead atoms. The summed E-state index contributed by atoms with van der Waals surface area (Å²) in [6.45, 7) is 1.56. The number of ether oxygens (including phenoxy) is 2. The summed E-state index contributed by atoms with van der Waals surface area (Å²) >= 11 is 0. The fourth-order valence-electron chi connectivity index (χ4n) is 4.14. The Morgan fingerprint density at radius 3 is 1.69 bits per heavy atom. The summed E-state index contributed by atoms with van der Waals surface area (Å²) in [6, 6.07) is 23.7. The Labute approximate surface area is 259 Å². The average molecular weight is 625 g/mol. The van der Waals surface area contributed by atoms with Crippen LogP contribution in [-0.4, -0.2) is 88.1 Å². The van der Waals surface area contributed by atoms with Gasteiger partial charge in [-0.1, -0.05) is 42.5 Å². The number of benzene rings is 3. The SMILES string of the molecule is COc1ccc(/C(=C(\c2ccccc2)[N+](=O)[O-])c2ccc(OCCCN(C)C)cc2)cc1.O=C(O)CC(O)(CC(=O)O)C(=O)O. The second kappa shape index (κ2) is 17.1. The zero-order valence-electron chi connectivity index (χ0n) is 25.1. The van der Waals surface area contributed by atoms with E-state index in [2.05, 4.69) is 4.90 Å². The van der Waals surface area contributed by atoms with Crippen LogP contribution >= 0.6 is 0 Å². The molecule has 240 valence electrons. The predicted octanol–water partition coefficient (Wildman–Crippen LogP) is 3.97. The molecule has 13 nitrogen and oxygen atoms in total. The molecule has 3 rings (SSSR count). The van der Waals surface area contributed by atoms with Crippen molar-refractivity contribution in [2.24, 2.45) is 0 Å². The molecule has 13 heteroatoms. The molecule has 0 saturated heterocycles. The number of hydrogen-bond acceptors (Lipinski definition) is 9. The first kappa shape index (κ1) is 35.9. The molecule has 0 aliphatic carbocycles. The van der Waals surface area contributed by atoms with E-state index in [4.69, 9.17) is 29.9 Å². The number of nitrogens with zero attached hydrogens (tertiary/aromatic N) is 2. The highest BCUT2D eigenvalue weighted by Gasteiger charge is 2.40. The van der Waals surface area contributed by atoms with Gasteiger partial charge in [-0.2, -0.15) is 0 Å². The van der Waals surface area contributed by atoms with Gasteiger partial charge < -0.3 is 34.8 Å². The summed E-state index contributed by atoms with van der Waals surface area (Å²) < 4.78 is 11.1. The van der Waals surface area contributed by atoms with Crippen molar-refractivity contribution in [2.45, 2.75) is 24.9 Å². The quantitative estimate of drug-likeness (QED) is 0.0823. The molecule has 4 N–H and O–H groups in total. The molecular formula is C32H36N2O11. The molecular weight excluding hydrogens is 588 g/mol. The number of nitro groups is 1. The zero-order valence-corrected chi connectivity index (χ0v) is 25.1. The van der Waals surface area contributed by atoms with Crippen molar-refractivity contribution in [2.75, 3.05) is 34.4 Å². The van der Waals surface area contributed by atoms with Gasteiger partial charge >= 0.3 is 17.9 Å². The van der Waals surface area contributed by atoms with Crippen LogP contribution in [0.15, 0.2) is 78.9 Å². The lowest BCUT2D eigenvalue weighted by molar-refractivity contribution is -0.374. The van der Waals surface area contributed by atoms with Crippen LogP contribution in [0.2, 0.25) is 0 Å². The molecule has 0 amide bonds. The number of methoxy groups -OCH3 is 1. The largest absolute Gasteiger partial charge is 0.497 e. The highest BCUT2D eigenvalue weighted by molar-refractivity contribution is 5.95. The molecule has 0 saturated carbocycles. The summed E-state index contributed by atoms with van der Waals surface area (Å²) in [5.74, 6) is -3.59. The summed E-state index contributed by atoms with van der Waals surface area (Å²) in [4.78, 5) is 44.5. The molecule has 3 aromatic carbocycles. The van der Waals surface area contributed by atoms with Gasteiger partial charge in [-0.15, -0.1) is 0 Å². The van der Waals surface area contributed by atoms with Crippen LogP contribution in [0.25, 0.3) is 11.3 Å². The van der Waals surface area contributed by atoms with Crippen molar-refractivity contribution >= 4 is 29.2 Å². The first-order valence-electron chi connectivity index (χ1n) is 13.6. The molecule has 0 unspecified atom stereocenters. The lowest BCUT2D eigenvalue weighted by Crippen LogP contribution is -2.42. The van der Waals surface area contributed by atoms with E-state index < -0.39 is 36.4 Å². The second-order valence-corrected chi connectivity index (χ2v) is 10.1. The van der Waals surface area contributed by atoms with Gasteiger partial charge in [-0.25, -0.2) is 4.79 Å². The van der Waals surface area contributed by atoms with Crippen molar-refractivity contribution in [1.29, 1.82) is 0 Å².